The Labute approximate surface area is 129 Å². The van der Waals surface area contributed by atoms with E-state index < -0.39 is 0 Å². The first-order chi connectivity index (χ1) is 10.2. The van der Waals surface area contributed by atoms with Crippen molar-refractivity contribution in [3.8, 4) is 0 Å². The van der Waals surface area contributed by atoms with E-state index >= 15 is 0 Å². The molecule has 1 aliphatic rings. The maximum Gasteiger partial charge on any atom is 0.136 e. The molecule has 2 rings (SSSR count). The van der Waals surface area contributed by atoms with Crippen LogP contribution in [0.1, 0.15) is 70.2 Å². The summed E-state index contributed by atoms with van der Waals surface area (Å²) in [5.41, 5.74) is 1.15. The first-order valence-electron chi connectivity index (χ1n) is 8.55. The third kappa shape index (κ3) is 4.32. The molecule has 0 amide bonds. The second-order valence-corrected chi connectivity index (χ2v) is 6.17. The second-order valence-electron chi connectivity index (χ2n) is 6.17. The topological polar surface area (TPSA) is 49.8 Å². The molecular formula is C17H30N4. The monoisotopic (exact) mass is 290 g/mol. The first-order valence-corrected chi connectivity index (χ1v) is 8.55. The molecule has 1 aromatic heterocycles. The van der Waals surface area contributed by atoms with Crippen molar-refractivity contribution in [2.24, 2.45) is 5.92 Å². The van der Waals surface area contributed by atoms with Gasteiger partial charge >= 0.3 is 0 Å². The Bertz CT molecular complexity index is 450. The van der Waals surface area contributed by atoms with Gasteiger partial charge in [-0.05, 0) is 32.1 Å². The number of nitrogens with one attached hydrogen (secondary N) is 2. The predicted molar refractivity (Wildman–Crippen MR) is 90.1 cm³/mol. The van der Waals surface area contributed by atoms with Gasteiger partial charge in [0, 0.05) is 24.6 Å². The van der Waals surface area contributed by atoms with Crippen LogP contribution >= 0.6 is 0 Å². The minimum absolute atomic E-state index is 0.585. The van der Waals surface area contributed by atoms with Crippen LogP contribution in [0.2, 0.25) is 0 Å². The van der Waals surface area contributed by atoms with Gasteiger partial charge in [0.25, 0.3) is 0 Å². The molecule has 0 radical (unpaired) electrons. The Morgan fingerprint density at radius 2 is 1.67 bits per heavy atom. The van der Waals surface area contributed by atoms with E-state index in [0.29, 0.717) is 5.92 Å². The summed E-state index contributed by atoms with van der Waals surface area (Å²) in [7, 11) is 0. The maximum absolute atomic E-state index is 4.78. The van der Waals surface area contributed by atoms with Crippen molar-refractivity contribution in [2.45, 2.75) is 65.7 Å². The molecule has 4 heteroatoms. The number of hydrogen-bond donors (Lipinski definition) is 2. The zero-order valence-corrected chi connectivity index (χ0v) is 14.0. The van der Waals surface area contributed by atoms with E-state index in [4.69, 9.17) is 9.97 Å². The van der Waals surface area contributed by atoms with Crippen LogP contribution in [0.4, 0.5) is 11.6 Å². The van der Waals surface area contributed by atoms with Crippen molar-refractivity contribution in [3.05, 3.63) is 11.4 Å². The Hall–Kier alpha value is -1.32. The molecule has 0 atom stereocenters. The molecule has 1 heterocycles. The summed E-state index contributed by atoms with van der Waals surface area (Å²) in [5, 5.41) is 7.01. The highest BCUT2D eigenvalue weighted by molar-refractivity contribution is 5.57. The van der Waals surface area contributed by atoms with Gasteiger partial charge < -0.3 is 10.6 Å². The summed E-state index contributed by atoms with van der Waals surface area (Å²) in [5.74, 6) is 4.36. The number of anilines is 2. The molecule has 1 fully saturated rings. The van der Waals surface area contributed by atoms with Gasteiger partial charge in [0.15, 0.2) is 0 Å². The fourth-order valence-electron chi connectivity index (χ4n) is 2.46. The number of hydrogen-bond acceptors (Lipinski definition) is 4. The lowest BCUT2D eigenvalue weighted by molar-refractivity contribution is 0.518. The van der Waals surface area contributed by atoms with E-state index in [1.54, 1.807) is 0 Å². The van der Waals surface area contributed by atoms with Gasteiger partial charge in [0.1, 0.15) is 17.5 Å². The third-order valence-electron chi connectivity index (χ3n) is 4.36. The van der Waals surface area contributed by atoms with Crippen LogP contribution in [0.3, 0.4) is 0 Å². The van der Waals surface area contributed by atoms with Crippen molar-refractivity contribution < 1.29 is 0 Å². The summed E-state index contributed by atoms with van der Waals surface area (Å²) in [6.07, 6.45) is 6.01. The van der Waals surface area contributed by atoms with Crippen molar-refractivity contribution in [1.82, 2.24) is 9.97 Å². The van der Waals surface area contributed by atoms with Crippen LogP contribution in [0.15, 0.2) is 0 Å². The molecule has 0 saturated heterocycles. The largest absolute Gasteiger partial charge is 0.370 e. The molecule has 1 aliphatic carbocycles. The standard InChI is InChI=1S/C17H30N4/c1-5-10-18-15-12(4)16(19-11-13(6-2)7-3)21-17(20-15)14-8-9-14/h13-14H,5-11H2,1-4H3,(H2,18,19,20,21). The number of aromatic nitrogens is 2. The van der Waals surface area contributed by atoms with E-state index in [1.165, 1.54) is 25.7 Å². The Kier molecular flexibility index (Phi) is 5.83. The molecule has 2 N–H and O–H groups in total. The van der Waals surface area contributed by atoms with Crippen molar-refractivity contribution in [2.75, 3.05) is 23.7 Å². The highest BCUT2D eigenvalue weighted by Crippen LogP contribution is 2.39. The SMILES string of the molecule is CCCNc1nc(C2CC2)nc(NCC(CC)CC)c1C. The van der Waals surface area contributed by atoms with Crippen LogP contribution in [-0.2, 0) is 0 Å². The van der Waals surface area contributed by atoms with E-state index in [9.17, 15) is 0 Å². The van der Waals surface area contributed by atoms with E-state index in [2.05, 4.69) is 38.3 Å². The van der Waals surface area contributed by atoms with E-state index in [1.807, 2.05) is 0 Å². The molecule has 0 bridgehead atoms. The van der Waals surface area contributed by atoms with Crippen molar-refractivity contribution in [3.63, 3.8) is 0 Å². The summed E-state index contributed by atoms with van der Waals surface area (Å²) in [6.45, 7) is 10.8. The zero-order valence-electron chi connectivity index (χ0n) is 14.0. The fourth-order valence-corrected chi connectivity index (χ4v) is 2.46. The predicted octanol–water partition coefficient (Wildman–Crippen LogP) is 4.33. The van der Waals surface area contributed by atoms with Crippen LogP contribution < -0.4 is 10.6 Å². The third-order valence-corrected chi connectivity index (χ3v) is 4.36. The van der Waals surface area contributed by atoms with Crippen LogP contribution in [0.25, 0.3) is 0 Å². The highest BCUT2D eigenvalue weighted by Gasteiger charge is 2.28. The van der Waals surface area contributed by atoms with Gasteiger partial charge in [-0.25, -0.2) is 9.97 Å². The van der Waals surface area contributed by atoms with Crippen LogP contribution in [0.5, 0.6) is 0 Å². The lowest BCUT2D eigenvalue weighted by Crippen LogP contribution is -2.16. The molecule has 1 aromatic rings. The maximum atomic E-state index is 4.78. The van der Waals surface area contributed by atoms with Gasteiger partial charge in [0.2, 0.25) is 0 Å². The summed E-state index contributed by atoms with van der Waals surface area (Å²) in [4.78, 5) is 9.52. The smallest absolute Gasteiger partial charge is 0.136 e. The molecule has 118 valence electrons. The Morgan fingerprint density at radius 1 is 1.05 bits per heavy atom. The van der Waals surface area contributed by atoms with Crippen molar-refractivity contribution >= 4 is 11.6 Å². The summed E-state index contributed by atoms with van der Waals surface area (Å²) >= 11 is 0. The lowest BCUT2D eigenvalue weighted by Gasteiger charge is -2.18. The van der Waals surface area contributed by atoms with Gasteiger partial charge in [-0.3, -0.25) is 0 Å². The number of rotatable bonds is 9. The van der Waals surface area contributed by atoms with Gasteiger partial charge in [0.05, 0.1) is 0 Å². The average molecular weight is 290 g/mol. The fraction of sp³-hybridized carbons (Fsp3) is 0.765. The number of nitrogens with zero attached hydrogens (tertiary/aromatic N) is 2. The van der Waals surface area contributed by atoms with Gasteiger partial charge in [-0.15, -0.1) is 0 Å². The molecule has 4 nitrogen and oxygen atoms in total. The van der Waals surface area contributed by atoms with Crippen LogP contribution in [0, 0.1) is 12.8 Å². The quantitative estimate of drug-likeness (QED) is 0.710. The molecular weight excluding hydrogens is 260 g/mol. The summed E-state index contributed by atoms with van der Waals surface area (Å²) < 4.78 is 0. The molecule has 21 heavy (non-hydrogen) atoms. The second kappa shape index (κ2) is 7.62. The van der Waals surface area contributed by atoms with E-state index in [-0.39, 0.29) is 0 Å². The molecule has 1 saturated carbocycles. The molecule has 0 unspecified atom stereocenters. The first kappa shape index (κ1) is 16.1. The molecule has 0 aliphatic heterocycles. The molecule has 0 aromatic carbocycles. The van der Waals surface area contributed by atoms with Gasteiger partial charge in [-0.2, -0.15) is 0 Å². The summed E-state index contributed by atoms with van der Waals surface area (Å²) in [6, 6.07) is 0. The Balaban J connectivity index is 2.15. The molecule has 0 spiro atoms. The van der Waals surface area contributed by atoms with Crippen LogP contribution in [-0.4, -0.2) is 23.1 Å². The van der Waals surface area contributed by atoms with E-state index in [0.717, 1.165) is 48.5 Å². The average Bonchev–Trinajstić information content (AvgIpc) is 3.33. The minimum atomic E-state index is 0.585. The lowest BCUT2D eigenvalue weighted by atomic mass is 10.0. The minimum Gasteiger partial charge on any atom is -0.370 e. The van der Waals surface area contributed by atoms with Crippen molar-refractivity contribution in [1.29, 1.82) is 0 Å². The Morgan fingerprint density at radius 3 is 2.19 bits per heavy atom. The normalized spacial score (nSPS) is 14.5. The zero-order chi connectivity index (χ0) is 15.2. The highest BCUT2D eigenvalue weighted by atomic mass is 15.1. The van der Waals surface area contributed by atoms with Gasteiger partial charge in [-0.1, -0.05) is 33.6 Å².